The van der Waals surface area contributed by atoms with Crippen LogP contribution in [0.1, 0.15) is 11.3 Å². The predicted octanol–water partition coefficient (Wildman–Crippen LogP) is 2.19. The summed E-state index contributed by atoms with van der Waals surface area (Å²) in [4.78, 5) is 0. The van der Waals surface area contributed by atoms with E-state index in [0.717, 1.165) is 40.3 Å². The molecule has 1 aromatic carbocycles. The van der Waals surface area contributed by atoms with E-state index in [2.05, 4.69) is 31.4 Å². The van der Waals surface area contributed by atoms with Crippen LogP contribution < -0.4 is 14.8 Å². The van der Waals surface area contributed by atoms with Gasteiger partial charge in [0.05, 0.1) is 4.47 Å². The van der Waals surface area contributed by atoms with Crippen LogP contribution in [0.4, 0.5) is 0 Å². The van der Waals surface area contributed by atoms with E-state index >= 15 is 0 Å². The van der Waals surface area contributed by atoms with Gasteiger partial charge < -0.3 is 14.8 Å². The van der Waals surface area contributed by atoms with Crippen molar-refractivity contribution in [3.05, 3.63) is 40.1 Å². The van der Waals surface area contributed by atoms with Gasteiger partial charge in [-0.15, -0.1) is 0 Å². The van der Waals surface area contributed by atoms with Gasteiger partial charge in [0.15, 0.2) is 11.5 Å². The first-order valence-electron chi connectivity index (χ1n) is 5.60. The molecule has 1 aromatic heterocycles. The lowest BCUT2D eigenvalue weighted by atomic mass is 10.2. The number of halogens is 1. The first-order chi connectivity index (χ1) is 8.83. The SMILES string of the molecule is Brc1cc(CNCc2ccn[nH]2)cc2c1OCO2. The fraction of sp³-hybridized carbons (Fsp3) is 0.250. The van der Waals surface area contributed by atoms with Crippen LogP contribution in [0.2, 0.25) is 0 Å². The Morgan fingerprint density at radius 2 is 2.28 bits per heavy atom. The Morgan fingerprint density at radius 1 is 1.33 bits per heavy atom. The van der Waals surface area contributed by atoms with Gasteiger partial charge in [-0.1, -0.05) is 0 Å². The molecule has 0 unspecified atom stereocenters. The molecule has 2 heterocycles. The monoisotopic (exact) mass is 309 g/mol. The Morgan fingerprint density at radius 3 is 3.11 bits per heavy atom. The van der Waals surface area contributed by atoms with E-state index in [-0.39, 0.29) is 0 Å². The summed E-state index contributed by atoms with van der Waals surface area (Å²) in [7, 11) is 0. The Bertz CT molecular complexity index is 543. The molecule has 0 saturated heterocycles. The van der Waals surface area contributed by atoms with Crippen molar-refractivity contribution in [3.8, 4) is 11.5 Å². The average molecular weight is 310 g/mol. The molecule has 94 valence electrons. The van der Waals surface area contributed by atoms with Crippen molar-refractivity contribution in [1.82, 2.24) is 15.5 Å². The second kappa shape index (κ2) is 4.99. The van der Waals surface area contributed by atoms with E-state index in [9.17, 15) is 0 Å². The van der Waals surface area contributed by atoms with Gasteiger partial charge in [0.25, 0.3) is 0 Å². The van der Waals surface area contributed by atoms with E-state index in [1.807, 2.05) is 18.2 Å². The summed E-state index contributed by atoms with van der Waals surface area (Å²) in [5.41, 5.74) is 2.21. The van der Waals surface area contributed by atoms with Crippen LogP contribution in [-0.2, 0) is 13.1 Å². The van der Waals surface area contributed by atoms with Gasteiger partial charge in [0.1, 0.15) is 0 Å². The van der Waals surface area contributed by atoms with Crippen molar-refractivity contribution in [3.63, 3.8) is 0 Å². The maximum absolute atomic E-state index is 5.38. The molecule has 1 aliphatic heterocycles. The number of ether oxygens (including phenoxy) is 2. The van der Waals surface area contributed by atoms with Crippen molar-refractivity contribution in [2.24, 2.45) is 0 Å². The molecule has 5 nitrogen and oxygen atoms in total. The Kier molecular flexibility index (Phi) is 3.21. The smallest absolute Gasteiger partial charge is 0.231 e. The number of hydrogen-bond acceptors (Lipinski definition) is 4. The van der Waals surface area contributed by atoms with Gasteiger partial charge >= 0.3 is 0 Å². The number of aromatic amines is 1. The average Bonchev–Trinajstić information content (AvgIpc) is 2.99. The van der Waals surface area contributed by atoms with E-state index in [1.165, 1.54) is 0 Å². The highest BCUT2D eigenvalue weighted by Crippen LogP contribution is 2.39. The molecule has 0 radical (unpaired) electrons. The summed E-state index contributed by atoms with van der Waals surface area (Å²) in [6.07, 6.45) is 1.74. The Labute approximate surface area is 113 Å². The molecule has 0 fully saturated rings. The molecule has 0 aliphatic carbocycles. The molecule has 6 heteroatoms. The van der Waals surface area contributed by atoms with Crippen LogP contribution >= 0.6 is 15.9 Å². The summed E-state index contributed by atoms with van der Waals surface area (Å²) in [5.74, 6) is 1.58. The Balaban J connectivity index is 1.65. The summed E-state index contributed by atoms with van der Waals surface area (Å²) in [5, 5.41) is 10.1. The summed E-state index contributed by atoms with van der Waals surface area (Å²) >= 11 is 3.48. The maximum Gasteiger partial charge on any atom is 0.231 e. The van der Waals surface area contributed by atoms with E-state index in [0.29, 0.717) is 6.79 Å². The highest BCUT2D eigenvalue weighted by atomic mass is 79.9. The zero-order valence-corrected chi connectivity index (χ0v) is 11.2. The zero-order valence-electron chi connectivity index (χ0n) is 9.57. The molecule has 0 amide bonds. The van der Waals surface area contributed by atoms with Gasteiger partial charge in [-0.2, -0.15) is 5.10 Å². The molecule has 2 N–H and O–H groups in total. The number of aromatic nitrogens is 2. The highest BCUT2D eigenvalue weighted by Gasteiger charge is 2.17. The minimum absolute atomic E-state index is 0.291. The first-order valence-corrected chi connectivity index (χ1v) is 6.39. The lowest BCUT2D eigenvalue weighted by Gasteiger charge is -2.06. The van der Waals surface area contributed by atoms with Crippen LogP contribution in [0.3, 0.4) is 0 Å². The molecule has 0 bridgehead atoms. The van der Waals surface area contributed by atoms with E-state index in [1.54, 1.807) is 6.20 Å². The van der Waals surface area contributed by atoms with E-state index in [4.69, 9.17) is 9.47 Å². The molecule has 2 aromatic rings. The Hall–Kier alpha value is -1.53. The normalized spacial score (nSPS) is 12.9. The van der Waals surface area contributed by atoms with Crippen LogP contribution in [0.25, 0.3) is 0 Å². The van der Waals surface area contributed by atoms with Gasteiger partial charge in [-0.3, -0.25) is 5.10 Å². The third-order valence-electron chi connectivity index (χ3n) is 2.69. The number of hydrogen-bond donors (Lipinski definition) is 2. The van der Waals surface area contributed by atoms with Crippen LogP contribution in [0.5, 0.6) is 11.5 Å². The van der Waals surface area contributed by atoms with Crippen molar-refractivity contribution >= 4 is 15.9 Å². The molecule has 0 saturated carbocycles. The maximum atomic E-state index is 5.38. The fourth-order valence-electron chi connectivity index (χ4n) is 1.85. The van der Waals surface area contributed by atoms with Gasteiger partial charge in [0.2, 0.25) is 6.79 Å². The molecule has 1 aliphatic rings. The largest absolute Gasteiger partial charge is 0.454 e. The molecule has 0 spiro atoms. The number of rotatable bonds is 4. The van der Waals surface area contributed by atoms with Crippen LogP contribution in [0.15, 0.2) is 28.9 Å². The zero-order chi connectivity index (χ0) is 12.4. The quantitative estimate of drug-likeness (QED) is 0.909. The molecular weight excluding hydrogens is 298 g/mol. The highest BCUT2D eigenvalue weighted by molar-refractivity contribution is 9.10. The summed E-state index contributed by atoms with van der Waals surface area (Å²) in [6, 6.07) is 5.98. The lowest BCUT2D eigenvalue weighted by molar-refractivity contribution is 0.173. The minimum atomic E-state index is 0.291. The van der Waals surface area contributed by atoms with Crippen LogP contribution in [0, 0.1) is 0 Å². The molecule has 18 heavy (non-hydrogen) atoms. The number of benzene rings is 1. The second-order valence-corrected chi connectivity index (χ2v) is 4.85. The van der Waals surface area contributed by atoms with Crippen molar-refractivity contribution in [1.29, 1.82) is 0 Å². The lowest BCUT2D eigenvalue weighted by Crippen LogP contribution is -2.12. The molecular formula is C12H12BrN3O2. The number of nitrogens with zero attached hydrogens (tertiary/aromatic N) is 1. The third kappa shape index (κ3) is 2.34. The number of nitrogens with one attached hydrogen (secondary N) is 2. The summed E-state index contributed by atoms with van der Waals surface area (Å²) < 4.78 is 11.6. The standard InChI is InChI=1S/C12H12BrN3O2/c13-10-3-8(4-11-12(10)18-7-17-11)5-14-6-9-1-2-15-16-9/h1-4,14H,5-7H2,(H,15,16). The first kappa shape index (κ1) is 11.6. The second-order valence-electron chi connectivity index (χ2n) is 4.00. The molecule has 3 rings (SSSR count). The summed E-state index contributed by atoms with van der Waals surface area (Å²) in [6.45, 7) is 1.80. The van der Waals surface area contributed by atoms with Gasteiger partial charge in [0, 0.05) is 25.0 Å². The number of fused-ring (bicyclic) bond motifs is 1. The van der Waals surface area contributed by atoms with Gasteiger partial charge in [-0.25, -0.2) is 0 Å². The van der Waals surface area contributed by atoms with Gasteiger partial charge in [-0.05, 0) is 39.7 Å². The minimum Gasteiger partial charge on any atom is -0.454 e. The van der Waals surface area contributed by atoms with Crippen molar-refractivity contribution < 1.29 is 9.47 Å². The van der Waals surface area contributed by atoms with Crippen molar-refractivity contribution in [2.45, 2.75) is 13.1 Å². The van der Waals surface area contributed by atoms with Crippen LogP contribution in [-0.4, -0.2) is 17.0 Å². The third-order valence-corrected chi connectivity index (χ3v) is 3.28. The van der Waals surface area contributed by atoms with Crippen molar-refractivity contribution in [2.75, 3.05) is 6.79 Å². The fourth-order valence-corrected chi connectivity index (χ4v) is 2.45. The number of H-pyrrole nitrogens is 1. The molecule has 0 atom stereocenters. The van der Waals surface area contributed by atoms with E-state index < -0.39 is 0 Å². The topological polar surface area (TPSA) is 59.2 Å². The predicted molar refractivity (Wildman–Crippen MR) is 69.4 cm³/mol.